The van der Waals surface area contributed by atoms with E-state index in [1.807, 2.05) is 18.2 Å². The molecule has 2 N–H and O–H groups in total. The second-order valence-electron chi connectivity index (χ2n) is 4.76. The number of carbonyl (C=O) groups is 1. The number of hydrogen-bond acceptors (Lipinski definition) is 2. The molecule has 1 amide bonds. The molecule has 4 heteroatoms. The summed E-state index contributed by atoms with van der Waals surface area (Å²) in [6.07, 6.45) is 5.04. The maximum absolute atomic E-state index is 11.2. The van der Waals surface area contributed by atoms with Gasteiger partial charge in [-0.1, -0.05) is 18.2 Å². The van der Waals surface area contributed by atoms with Gasteiger partial charge in [-0.3, -0.25) is 4.79 Å². The third-order valence-corrected chi connectivity index (χ3v) is 3.34. The monoisotopic (exact) mass is 280 g/mol. The maximum Gasteiger partial charge on any atom is 0.221 e. The first kappa shape index (κ1) is 15.7. The van der Waals surface area contributed by atoms with E-state index >= 15 is 0 Å². The van der Waals surface area contributed by atoms with Crippen LogP contribution in [0.3, 0.4) is 0 Å². The predicted molar refractivity (Wildman–Crippen MR) is 82.0 cm³/mol. The molecule has 1 unspecified atom stereocenters. The average Bonchev–Trinajstić information content (AvgIpc) is 2.35. The van der Waals surface area contributed by atoms with Gasteiger partial charge in [0.1, 0.15) is 0 Å². The summed E-state index contributed by atoms with van der Waals surface area (Å²) in [4.78, 5) is 11.2. The molecule has 1 aliphatic carbocycles. The number of nitrogens with one attached hydrogen (secondary N) is 2. The zero-order valence-corrected chi connectivity index (χ0v) is 12.1. The second kappa shape index (κ2) is 7.31. The Morgan fingerprint density at radius 2 is 2.32 bits per heavy atom. The number of halogens is 1. The summed E-state index contributed by atoms with van der Waals surface area (Å²) in [5, 5.41) is 6.38. The maximum atomic E-state index is 11.2. The Labute approximate surface area is 120 Å². The van der Waals surface area contributed by atoms with Gasteiger partial charge in [0.15, 0.2) is 0 Å². The molecule has 0 bridgehead atoms. The van der Waals surface area contributed by atoms with Crippen LogP contribution in [0.1, 0.15) is 24.5 Å². The van der Waals surface area contributed by atoms with Crippen LogP contribution in [-0.2, 0) is 17.6 Å². The van der Waals surface area contributed by atoms with E-state index < -0.39 is 0 Å². The SMILES string of the molecule is C=CCNC1CCc2c(cccc2NC(C)=O)C1.Cl. The molecule has 2 rings (SSSR count). The van der Waals surface area contributed by atoms with E-state index in [1.54, 1.807) is 6.92 Å². The summed E-state index contributed by atoms with van der Waals surface area (Å²) in [7, 11) is 0. The van der Waals surface area contributed by atoms with Crippen LogP contribution in [0.25, 0.3) is 0 Å². The lowest BCUT2D eigenvalue weighted by Gasteiger charge is -2.27. The van der Waals surface area contributed by atoms with Gasteiger partial charge in [-0.2, -0.15) is 0 Å². The van der Waals surface area contributed by atoms with Crippen LogP contribution in [0.4, 0.5) is 5.69 Å². The summed E-state index contributed by atoms with van der Waals surface area (Å²) >= 11 is 0. The summed E-state index contributed by atoms with van der Waals surface area (Å²) in [5.41, 5.74) is 3.61. The first-order valence-electron chi connectivity index (χ1n) is 6.43. The van der Waals surface area contributed by atoms with Crippen molar-refractivity contribution >= 4 is 24.0 Å². The molecule has 0 spiro atoms. The number of fused-ring (bicyclic) bond motifs is 1. The van der Waals surface area contributed by atoms with Crippen molar-refractivity contribution in [3.63, 3.8) is 0 Å². The lowest BCUT2D eigenvalue weighted by molar-refractivity contribution is -0.114. The van der Waals surface area contributed by atoms with Crippen LogP contribution >= 0.6 is 12.4 Å². The Bertz CT molecular complexity index is 459. The van der Waals surface area contributed by atoms with Crippen LogP contribution in [0.2, 0.25) is 0 Å². The minimum absolute atomic E-state index is 0. The van der Waals surface area contributed by atoms with Gasteiger partial charge in [-0.25, -0.2) is 0 Å². The van der Waals surface area contributed by atoms with Crippen LogP contribution in [0.15, 0.2) is 30.9 Å². The van der Waals surface area contributed by atoms with Crippen molar-refractivity contribution in [2.75, 3.05) is 11.9 Å². The molecule has 1 aromatic rings. The third kappa shape index (κ3) is 4.08. The summed E-state index contributed by atoms with van der Waals surface area (Å²) in [6.45, 7) is 6.13. The fraction of sp³-hybridized carbons (Fsp3) is 0.400. The van der Waals surface area contributed by atoms with E-state index in [0.29, 0.717) is 6.04 Å². The lowest BCUT2D eigenvalue weighted by atomic mass is 9.87. The number of rotatable bonds is 4. The molecule has 1 atom stereocenters. The summed E-state index contributed by atoms with van der Waals surface area (Å²) in [5.74, 6) is -0.00435. The predicted octanol–water partition coefficient (Wildman–Crippen LogP) is 2.70. The Kier molecular flexibility index (Phi) is 6.06. The van der Waals surface area contributed by atoms with Crippen molar-refractivity contribution in [2.24, 2.45) is 0 Å². The Morgan fingerprint density at radius 3 is 3.00 bits per heavy atom. The van der Waals surface area contributed by atoms with Gasteiger partial charge in [-0.15, -0.1) is 19.0 Å². The lowest BCUT2D eigenvalue weighted by Crippen LogP contribution is -2.34. The molecule has 0 heterocycles. The van der Waals surface area contributed by atoms with E-state index in [1.165, 1.54) is 11.1 Å². The van der Waals surface area contributed by atoms with Gasteiger partial charge in [-0.05, 0) is 36.5 Å². The molecule has 104 valence electrons. The zero-order chi connectivity index (χ0) is 13.0. The molecule has 0 saturated carbocycles. The second-order valence-corrected chi connectivity index (χ2v) is 4.76. The number of anilines is 1. The third-order valence-electron chi connectivity index (χ3n) is 3.34. The van der Waals surface area contributed by atoms with Crippen LogP contribution in [-0.4, -0.2) is 18.5 Å². The van der Waals surface area contributed by atoms with Crippen LogP contribution in [0.5, 0.6) is 0 Å². The first-order valence-corrected chi connectivity index (χ1v) is 6.43. The quantitative estimate of drug-likeness (QED) is 0.833. The molecule has 3 nitrogen and oxygen atoms in total. The molecule has 0 fully saturated rings. The van der Waals surface area contributed by atoms with E-state index in [-0.39, 0.29) is 18.3 Å². The van der Waals surface area contributed by atoms with Gasteiger partial charge < -0.3 is 10.6 Å². The smallest absolute Gasteiger partial charge is 0.221 e. The fourth-order valence-corrected chi connectivity index (χ4v) is 2.54. The highest BCUT2D eigenvalue weighted by Gasteiger charge is 2.20. The Balaban J connectivity index is 0.00000180. The fourth-order valence-electron chi connectivity index (χ4n) is 2.54. The van der Waals surface area contributed by atoms with Crippen molar-refractivity contribution in [3.8, 4) is 0 Å². The van der Waals surface area contributed by atoms with Gasteiger partial charge in [0.25, 0.3) is 0 Å². The summed E-state index contributed by atoms with van der Waals surface area (Å²) < 4.78 is 0. The standard InChI is InChI=1S/C15H20N2O.ClH/c1-3-9-16-13-7-8-14-12(10-13)5-4-6-15(14)17-11(2)18;/h3-6,13,16H,1,7-10H2,2H3,(H,17,18);1H. The van der Waals surface area contributed by atoms with E-state index in [2.05, 4.69) is 23.3 Å². The molecule has 1 aliphatic rings. The van der Waals surface area contributed by atoms with Gasteiger partial charge in [0, 0.05) is 25.2 Å². The van der Waals surface area contributed by atoms with E-state index in [4.69, 9.17) is 0 Å². The zero-order valence-electron chi connectivity index (χ0n) is 11.2. The van der Waals surface area contributed by atoms with Gasteiger partial charge >= 0.3 is 0 Å². The van der Waals surface area contributed by atoms with Crippen molar-refractivity contribution < 1.29 is 4.79 Å². The van der Waals surface area contributed by atoms with Crippen molar-refractivity contribution in [2.45, 2.75) is 32.2 Å². The van der Waals surface area contributed by atoms with Crippen molar-refractivity contribution in [1.29, 1.82) is 0 Å². The molecule has 19 heavy (non-hydrogen) atoms. The Morgan fingerprint density at radius 1 is 1.53 bits per heavy atom. The molecule has 0 radical (unpaired) electrons. The van der Waals surface area contributed by atoms with Crippen molar-refractivity contribution in [3.05, 3.63) is 42.0 Å². The highest BCUT2D eigenvalue weighted by Crippen LogP contribution is 2.28. The van der Waals surface area contributed by atoms with Crippen LogP contribution < -0.4 is 10.6 Å². The molecular weight excluding hydrogens is 260 g/mol. The minimum Gasteiger partial charge on any atom is -0.326 e. The molecule has 1 aromatic carbocycles. The minimum atomic E-state index is -0.00435. The van der Waals surface area contributed by atoms with Gasteiger partial charge in [0.05, 0.1) is 0 Å². The normalized spacial score (nSPS) is 17.0. The molecule has 0 saturated heterocycles. The van der Waals surface area contributed by atoms with E-state index in [9.17, 15) is 4.79 Å². The highest BCUT2D eigenvalue weighted by molar-refractivity contribution is 5.89. The van der Waals surface area contributed by atoms with Gasteiger partial charge in [0.2, 0.25) is 5.91 Å². The van der Waals surface area contributed by atoms with Crippen molar-refractivity contribution in [1.82, 2.24) is 5.32 Å². The van der Waals surface area contributed by atoms with Crippen LogP contribution in [0, 0.1) is 0 Å². The largest absolute Gasteiger partial charge is 0.326 e. The average molecular weight is 281 g/mol. The van der Waals surface area contributed by atoms with E-state index in [0.717, 1.165) is 31.5 Å². The number of carbonyl (C=O) groups excluding carboxylic acids is 1. The summed E-state index contributed by atoms with van der Waals surface area (Å²) in [6, 6.07) is 6.67. The molecule has 0 aliphatic heterocycles. The molecule has 0 aromatic heterocycles. The molecular formula is C15H21ClN2O. The number of benzene rings is 1. The topological polar surface area (TPSA) is 41.1 Å². The first-order chi connectivity index (χ1) is 8.70. The number of amides is 1. The Hall–Kier alpha value is -1.32. The number of hydrogen-bond donors (Lipinski definition) is 2. The highest BCUT2D eigenvalue weighted by atomic mass is 35.5.